The Morgan fingerprint density at radius 2 is 2.00 bits per heavy atom. The van der Waals surface area contributed by atoms with Crippen molar-refractivity contribution in [2.75, 3.05) is 5.75 Å². The van der Waals surface area contributed by atoms with Gasteiger partial charge in [-0.3, -0.25) is 4.21 Å². The zero-order chi connectivity index (χ0) is 13.1. The minimum atomic E-state index is -0.731. The summed E-state index contributed by atoms with van der Waals surface area (Å²) in [5.41, 5.74) is 1.27. The molecule has 1 fully saturated rings. The predicted molar refractivity (Wildman–Crippen MR) is 78.0 cm³/mol. The highest BCUT2D eigenvalue weighted by Crippen LogP contribution is 2.31. The molecular formula is C15H23NOS. The molecule has 0 amide bonds. The van der Waals surface area contributed by atoms with E-state index in [1.54, 1.807) is 0 Å². The Hall–Kier alpha value is -0.670. The molecule has 2 rings (SSSR count). The van der Waals surface area contributed by atoms with Crippen molar-refractivity contribution in [3.63, 3.8) is 0 Å². The normalized spacial score (nSPS) is 32.7. The molecule has 1 aromatic carbocycles. The first kappa shape index (κ1) is 13.8. The highest BCUT2D eigenvalue weighted by atomic mass is 32.2. The summed E-state index contributed by atoms with van der Waals surface area (Å²) in [7, 11) is -0.731. The fraction of sp³-hybridized carbons (Fsp3) is 0.600. The summed E-state index contributed by atoms with van der Waals surface area (Å²) < 4.78 is 12.5. The lowest BCUT2D eigenvalue weighted by atomic mass is 9.95. The summed E-state index contributed by atoms with van der Waals surface area (Å²) >= 11 is 0. The highest BCUT2D eigenvalue weighted by molar-refractivity contribution is 7.85. The van der Waals surface area contributed by atoms with Gasteiger partial charge in [-0.2, -0.15) is 0 Å². The van der Waals surface area contributed by atoms with E-state index in [1.165, 1.54) is 5.56 Å². The monoisotopic (exact) mass is 265 g/mol. The molecule has 3 heteroatoms. The van der Waals surface area contributed by atoms with Gasteiger partial charge in [0.15, 0.2) is 0 Å². The maximum Gasteiger partial charge on any atom is 0.0566 e. The second-order valence-electron chi connectivity index (χ2n) is 5.42. The number of nitrogens with one attached hydrogen (secondary N) is 1. The van der Waals surface area contributed by atoms with E-state index in [0.29, 0.717) is 12.0 Å². The van der Waals surface area contributed by atoms with Crippen LogP contribution in [0.25, 0.3) is 0 Å². The van der Waals surface area contributed by atoms with E-state index in [2.05, 4.69) is 50.4 Å². The smallest absolute Gasteiger partial charge is 0.0566 e. The molecule has 0 spiro atoms. The van der Waals surface area contributed by atoms with Gasteiger partial charge in [0.2, 0.25) is 0 Å². The zero-order valence-corrected chi connectivity index (χ0v) is 12.2. The molecule has 100 valence electrons. The van der Waals surface area contributed by atoms with Gasteiger partial charge in [-0.15, -0.1) is 0 Å². The minimum Gasteiger partial charge on any atom is -0.305 e. The summed E-state index contributed by atoms with van der Waals surface area (Å²) in [5.74, 6) is 1.23. The maximum absolute atomic E-state index is 12.5. The van der Waals surface area contributed by atoms with Crippen LogP contribution in [0.4, 0.5) is 0 Å². The van der Waals surface area contributed by atoms with E-state index < -0.39 is 10.8 Å². The van der Waals surface area contributed by atoms with Crippen LogP contribution in [-0.4, -0.2) is 21.3 Å². The van der Waals surface area contributed by atoms with Crippen LogP contribution < -0.4 is 5.32 Å². The van der Waals surface area contributed by atoms with Crippen LogP contribution >= 0.6 is 0 Å². The standard InChI is InChI=1S/C15H23NOS/c1-4-13-10-18(17)15(11(2)3)14(16-13)12-8-6-5-7-9-12/h5-9,11,13-16H,4,10H2,1-3H3. The van der Waals surface area contributed by atoms with Crippen LogP contribution in [0, 0.1) is 5.92 Å². The van der Waals surface area contributed by atoms with Crippen molar-refractivity contribution >= 4 is 10.8 Å². The summed E-state index contributed by atoms with van der Waals surface area (Å²) in [5, 5.41) is 3.91. The van der Waals surface area contributed by atoms with Crippen LogP contribution in [0.1, 0.15) is 38.8 Å². The Morgan fingerprint density at radius 1 is 1.33 bits per heavy atom. The first-order valence-corrected chi connectivity index (χ1v) is 8.19. The Bertz CT molecular complexity index is 404. The predicted octanol–water partition coefficient (Wildman–Crippen LogP) is 2.88. The quantitative estimate of drug-likeness (QED) is 0.910. The Morgan fingerprint density at radius 3 is 2.56 bits per heavy atom. The SMILES string of the molecule is CCC1CS(=O)C(C(C)C)C(c2ccccc2)N1. The summed E-state index contributed by atoms with van der Waals surface area (Å²) in [6.45, 7) is 6.51. The third-order valence-corrected chi connectivity index (χ3v) is 5.88. The van der Waals surface area contributed by atoms with E-state index in [0.717, 1.165) is 12.2 Å². The van der Waals surface area contributed by atoms with Crippen LogP contribution in [0.15, 0.2) is 30.3 Å². The third kappa shape index (κ3) is 2.83. The molecule has 0 bridgehead atoms. The maximum atomic E-state index is 12.5. The van der Waals surface area contributed by atoms with Crippen LogP contribution in [0.2, 0.25) is 0 Å². The van der Waals surface area contributed by atoms with Gasteiger partial charge in [0, 0.05) is 28.6 Å². The lowest BCUT2D eigenvalue weighted by Gasteiger charge is -2.39. The van der Waals surface area contributed by atoms with Gasteiger partial charge in [0.05, 0.1) is 5.25 Å². The number of rotatable bonds is 3. The average molecular weight is 265 g/mol. The molecule has 1 aromatic rings. The van der Waals surface area contributed by atoms with Crippen molar-refractivity contribution in [2.24, 2.45) is 5.92 Å². The van der Waals surface area contributed by atoms with E-state index in [-0.39, 0.29) is 11.3 Å². The molecule has 2 nitrogen and oxygen atoms in total. The molecule has 1 aliphatic rings. The minimum absolute atomic E-state index is 0.218. The highest BCUT2D eigenvalue weighted by Gasteiger charge is 2.37. The second-order valence-corrected chi connectivity index (χ2v) is 7.06. The fourth-order valence-corrected chi connectivity index (χ4v) is 4.83. The molecule has 4 unspecified atom stereocenters. The third-order valence-electron chi connectivity index (χ3n) is 3.72. The summed E-state index contributed by atoms with van der Waals surface area (Å²) in [6.07, 6.45) is 1.04. The number of hydrogen-bond acceptors (Lipinski definition) is 2. The van der Waals surface area contributed by atoms with Gasteiger partial charge in [0.1, 0.15) is 0 Å². The van der Waals surface area contributed by atoms with E-state index >= 15 is 0 Å². The molecule has 0 aromatic heterocycles. The average Bonchev–Trinajstić information content (AvgIpc) is 2.38. The lowest BCUT2D eigenvalue weighted by Crippen LogP contribution is -2.51. The summed E-state index contributed by atoms with van der Waals surface area (Å²) in [6, 6.07) is 11.0. The van der Waals surface area contributed by atoms with Gasteiger partial charge < -0.3 is 5.32 Å². The van der Waals surface area contributed by atoms with Gasteiger partial charge in [0.25, 0.3) is 0 Å². The molecular weight excluding hydrogens is 242 g/mol. The van der Waals surface area contributed by atoms with Gasteiger partial charge >= 0.3 is 0 Å². The fourth-order valence-electron chi connectivity index (χ4n) is 2.73. The first-order chi connectivity index (χ1) is 8.63. The van der Waals surface area contributed by atoms with Gasteiger partial charge in [-0.25, -0.2) is 0 Å². The van der Waals surface area contributed by atoms with Crippen molar-refractivity contribution in [1.82, 2.24) is 5.32 Å². The van der Waals surface area contributed by atoms with Crippen LogP contribution in [-0.2, 0) is 10.8 Å². The van der Waals surface area contributed by atoms with Crippen molar-refractivity contribution < 1.29 is 4.21 Å². The molecule has 0 saturated carbocycles. The van der Waals surface area contributed by atoms with Crippen molar-refractivity contribution in [1.29, 1.82) is 0 Å². The van der Waals surface area contributed by atoms with E-state index in [1.807, 2.05) is 6.07 Å². The van der Waals surface area contributed by atoms with Crippen molar-refractivity contribution in [3.8, 4) is 0 Å². The van der Waals surface area contributed by atoms with Crippen molar-refractivity contribution in [2.45, 2.75) is 44.5 Å². The lowest BCUT2D eigenvalue weighted by molar-refractivity contribution is 0.370. The van der Waals surface area contributed by atoms with Crippen LogP contribution in [0.3, 0.4) is 0 Å². The second kappa shape index (κ2) is 5.98. The molecule has 1 heterocycles. The van der Waals surface area contributed by atoms with Crippen molar-refractivity contribution in [3.05, 3.63) is 35.9 Å². The Balaban J connectivity index is 2.30. The topological polar surface area (TPSA) is 29.1 Å². The molecule has 18 heavy (non-hydrogen) atoms. The molecule has 1 aliphatic heterocycles. The van der Waals surface area contributed by atoms with Gasteiger partial charge in [-0.05, 0) is 17.9 Å². The molecule has 1 saturated heterocycles. The first-order valence-electron chi connectivity index (χ1n) is 6.81. The molecule has 0 radical (unpaired) electrons. The van der Waals surface area contributed by atoms with Crippen LogP contribution in [0.5, 0.6) is 0 Å². The zero-order valence-electron chi connectivity index (χ0n) is 11.4. The Kier molecular flexibility index (Phi) is 4.57. The van der Waals surface area contributed by atoms with E-state index in [9.17, 15) is 4.21 Å². The number of hydrogen-bond donors (Lipinski definition) is 1. The van der Waals surface area contributed by atoms with E-state index in [4.69, 9.17) is 0 Å². The molecule has 1 N–H and O–H groups in total. The molecule has 0 aliphatic carbocycles. The largest absolute Gasteiger partial charge is 0.305 e. The number of benzene rings is 1. The molecule has 4 atom stereocenters. The van der Waals surface area contributed by atoms with Gasteiger partial charge in [-0.1, -0.05) is 51.1 Å². The summed E-state index contributed by atoms with van der Waals surface area (Å²) in [4.78, 5) is 0. The Labute approximate surface area is 113 Å².